The lowest BCUT2D eigenvalue weighted by Crippen LogP contribution is -2.29. The van der Waals surface area contributed by atoms with Gasteiger partial charge in [-0.2, -0.15) is 0 Å². The summed E-state index contributed by atoms with van der Waals surface area (Å²) in [6.07, 6.45) is 0. The molecule has 0 aromatic heterocycles. The SMILES string of the molecule is COc1ccc(-c2ccc(C)cc2)cc1-c1ccc(OC)c(-c2ccc(-c3ccc(B(O)O)cc3)cc2)c1. The highest BCUT2D eigenvalue weighted by molar-refractivity contribution is 6.58. The van der Waals surface area contributed by atoms with Crippen molar-refractivity contribution >= 4 is 12.6 Å². The molecule has 0 heterocycles. The van der Waals surface area contributed by atoms with Gasteiger partial charge in [-0.25, -0.2) is 0 Å². The zero-order valence-electron chi connectivity index (χ0n) is 21.7. The zero-order valence-corrected chi connectivity index (χ0v) is 21.7. The van der Waals surface area contributed by atoms with E-state index < -0.39 is 7.12 Å². The first-order chi connectivity index (χ1) is 18.5. The summed E-state index contributed by atoms with van der Waals surface area (Å²) in [5.74, 6) is 1.60. The predicted molar refractivity (Wildman–Crippen MR) is 156 cm³/mol. The Morgan fingerprint density at radius 3 is 1.42 bits per heavy atom. The van der Waals surface area contributed by atoms with Gasteiger partial charge in [0, 0.05) is 11.1 Å². The number of aryl methyl sites for hydroxylation is 1. The Hall–Kier alpha value is -4.32. The minimum absolute atomic E-state index is 0.466. The molecule has 0 aliphatic heterocycles. The van der Waals surface area contributed by atoms with Crippen molar-refractivity contribution in [1.29, 1.82) is 0 Å². The largest absolute Gasteiger partial charge is 0.496 e. The number of ether oxygens (including phenoxy) is 2. The molecule has 0 fully saturated rings. The molecule has 0 saturated carbocycles. The van der Waals surface area contributed by atoms with Gasteiger partial charge in [-0.15, -0.1) is 0 Å². The van der Waals surface area contributed by atoms with E-state index in [9.17, 15) is 10.0 Å². The van der Waals surface area contributed by atoms with Crippen molar-refractivity contribution in [3.05, 3.63) is 115 Å². The van der Waals surface area contributed by atoms with Crippen molar-refractivity contribution in [3.8, 4) is 56.0 Å². The first kappa shape index (κ1) is 25.3. The summed E-state index contributed by atoms with van der Waals surface area (Å²) in [5, 5.41) is 18.7. The molecule has 0 aliphatic rings. The number of benzene rings is 5. The summed E-state index contributed by atoms with van der Waals surface area (Å²) in [4.78, 5) is 0. The Morgan fingerprint density at radius 2 is 0.868 bits per heavy atom. The third-order valence-corrected chi connectivity index (χ3v) is 6.83. The van der Waals surface area contributed by atoms with Crippen LogP contribution in [-0.4, -0.2) is 31.4 Å². The minimum Gasteiger partial charge on any atom is -0.496 e. The van der Waals surface area contributed by atoms with E-state index in [1.165, 1.54) is 5.56 Å². The highest BCUT2D eigenvalue weighted by Gasteiger charge is 2.14. The van der Waals surface area contributed by atoms with Crippen LogP contribution in [0.15, 0.2) is 109 Å². The number of hydrogen-bond acceptors (Lipinski definition) is 4. The van der Waals surface area contributed by atoms with Crippen molar-refractivity contribution < 1.29 is 19.5 Å². The average Bonchev–Trinajstić information content (AvgIpc) is 2.97. The highest BCUT2D eigenvalue weighted by atomic mass is 16.5. The number of rotatable bonds is 7. The summed E-state index contributed by atoms with van der Waals surface area (Å²) >= 11 is 0. The molecule has 0 amide bonds. The Kier molecular flexibility index (Phi) is 7.32. The fraction of sp³-hybridized carbons (Fsp3) is 0.0909. The lowest BCUT2D eigenvalue weighted by Gasteiger charge is -2.15. The molecule has 4 nitrogen and oxygen atoms in total. The molecule has 38 heavy (non-hydrogen) atoms. The van der Waals surface area contributed by atoms with Gasteiger partial charge in [0.05, 0.1) is 14.2 Å². The van der Waals surface area contributed by atoms with Crippen molar-refractivity contribution in [3.63, 3.8) is 0 Å². The molecular weight excluding hydrogens is 471 g/mol. The summed E-state index contributed by atoms with van der Waals surface area (Å²) < 4.78 is 11.5. The Labute approximate surface area is 223 Å². The molecule has 5 aromatic carbocycles. The topological polar surface area (TPSA) is 58.9 Å². The zero-order chi connectivity index (χ0) is 26.6. The molecule has 0 spiro atoms. The van der Waals surface area contributed by atoms with Crippen LogP contribution >= 0.6 is 0 Å². The molecule has 0 aliphatic carbocycles. The van der Waals surface area contributed by atoms with Crippen LogP contribution in [0.2, 0.25) is 0 Å². The molecular formula is C33H29BO4. The fourth-order valence-corrected chi connectivity index (χ4v) is 4.65. The minimum atomic E-state index is -1.47. The van der Waals surface area contributed by atoms with Gasteiger partial charge in [0.2, 0.25) is 0 Å². The van der Waals surface area contributed by atoms with Gasteiger partial charge in [-0.05, 0) is 70.0 Å². The average molecular weight is 500 g/mol. The molecule has 0 radical (unpaired) electrons. The van der Waals surface area contributed by atoms with Crippen LogP contribution in [0.4, 0.5) is 0 Å². The standard InChI is InChI=1S/C33H29BO4/c1-22-4-6-25(7-5-22)27-14-18-33(38-3)31(20-27)28-15-19-32(37-2)30(21-28)26-10-8-23(9-11-26)24-12-16-29(17-13-24)34(35)36/h4-21,35-36H,1-3H3. The van der Waals surface area contributed by atoms with Crippen LogP contribution in [0.1, 0.15) is 5.56 Å². The van der Waals surface area contributed by atoms with Crippen molar-refractivity contribution in [2.24, 2.45) is 0 Å². The quantitative estimate of drug-likeness (QED) is 0.256. The fourth-order valence-electron chi connectivity index (χ4n) is 4.65. The van der Waals surface area contributed by atoms with E-state index in [0.29, 0.717) is 5.46 Å². The molecule has 5 rings (SSSR count). The first-order valence-corrected chi connectivity index (χ1v) is 12.5. The normalized spacial score (nSPS) is 10.8. The van der Waals surface area contributed by atoms with Crippen molar-refractivity contribution in [2.45, 2.75) is 6.92 Å². The van der Waals surface area contributed by atoms with Crippen LogP contribution in [-0.2, 0) is 0 Å². The smallest absolute Gasteiger partial charge is 0.488 e. The van der Waals surface area contributed by atoms with Crippen LogP contribution in [0.5, 0.6) is 11.5 Å². The van der Waals surface area contributed by atoms with Crippen molar-refractivity contribution in [1.82, 2.24) is 0 Å². The number of hydrogen-bond donors (Lipinski definition) is 2. The van der Waals surface area contributed by atoms with Crippen LogP contribution in [0.3, 0.4) is 0 Å². The van der Waals surface area contributed by atoms with Gasteiger partial charge in [0.15, 0.2) is 0 Å². The van der Waals surface area contributed by atoms with Gasteiger partial charge in [0.25, 0.3) is 0 Å². The lowest BCUT2D eigenvalue weighted by molar-refractivity contribution is 0.415. The Bertz CT molecular complexity index is 1540. The molecule has 188 valence electrons. The van der Waals surface area contributed by atoms with Crippen molar-refractivity contribution in [2.75, 3.05) is 14.2 Å². The third-order valence-electron chi connectivity index (χ3n) is 6.83. The summed E-state index contributed by atoms with van der Waals surface area (Å²) in [6, 6.07) is 36.5. The molecule has 0 bridgehead atoms. The van der Waals surface area contributed by atoms with E-state index in [1.54, 1.807) is 26.4 Å². The molecule has 0 unspecified atom stereocenters. The second-order valence-corrected chi connectivity index (χ2v) is 9.27. The van der Waals surface area contributed by atoms with Crippen LogP contribution in [0.25, 0.3) is 44.5 Å². The Balaban J connectivity index is 1.52. The lowest BCUT2D eigenvalue weighted by atomic mass is 9.80. The molecule has 5 heteroatoms. The Morgan fingerprint density at radius 1 is 0.474 bits per heavy atom. The first-order valence-electron chi connectivity index (χ1n) is 12.5. The van der Waals surface area contributed by atoms with Gasteiger partial charge < -0.3 is 19.5 Å². The summed E-state index contributed by atoms with van der Waals surface area (Å²) in [7, 11) is 1.91. The predicted octanol–water partition coefficient (Wildman–Crippen LogP) is 6.36. The summed E-state index contributed by atoms with van der Waals surface area (Å²) in [5.41, 5.74) is 10.1. The maximum atomic E-state index is 9.35. The molecule has 0 atom stereocenters. The van der Waals surface area contributed by atoms with Crippen LogP contribution in [0, 0.1) is 6.92 Å². The second kappa shape index (κ2) is 11.0. The monoisotopic (exact) mass is 500 g/mol. The molecule has 5 aromatic rings. The highest BCUT2D eigenvalue weighted by Crippen LogP contribution is 2.39. The van der Waals surface area contributed by atoms with E-state index in [2.05, 4.69) is 79.7 Å². The van der Waals surface area contributed by atoms with E-state index in [0.717, 1.165) is 56.0 Å². The van der Waals surface area contributed by atoms with E-state index in [4.69, 9.17) is 9.47 Å². The van der Waals surface area contributed by atoms with E-state index in [1.807, 2.05) is 24.3 Å². The summed E-state index contributed by atoms with van der Waals surface area (Å²) in [6.45, 7) is 2.09. The second-order valence-electron chi connectivity index (χ2n) is 9.27. The molecule has 2 N–H and O–H groups in total. The van der Waals surface area contributed by atoms with E-state index >= 15 is 0 Å². The van der Waals surface area contributed by atoms with Gasteiger partial charge in [0.1, 0.15) is 11.5 Å². The number of methoxy groups -OCH3 is 2. The van der Waals surface area contributed by atoms with Gasteiger partial charge in [-0.1, -0.05) is 90.5 Å². The maximum absolute atomic E-state index is 9.35. The third kappa shape index (κ3) is 5.21. The van der Waals surface area contributed by atoms with E-state index in [-0.39, 0.29) is 0 Å². The maximum Gasteiger partial charge on any atom is 0.488 e. The molecule has 0 saturated heterocycles. The van der Waals surface area contributed by atoms with Gasteiger partial charge in [-0.3, -0.25) is 0 Å². The van der Waals surface area contributed by atoms with Crippen LogP contribution < -0.4 is 14.9 Å². The van der Waals surface area contributed by atoms with Gasteiger partial charge >= 0.3 is 7.12 Å².